The maximum absolute atomic E-state index is 13.7. The third kappa shape index (κ3) is 3.70. The summed E-state index contributed by atoms with van der Waals surface area (Å²) < 4.78 is 1.94. The Morgan fingerprint density at radius 3 is 2.89 bits per heavy atom. The molecular formula is C22H24N2OS3. The SMILES string of the molecule is C=C(C)CSc1nc2sc3c(c2c(=O)n1-c1cccc(C)c1)CC(C)(C)SC3. The molecule has 3 heterocycles. The molecule has 1 aromatic carbocycles. The van der Waals surface area contributed by atoms with Gasteiger partial charge in [0, 0.05) is 21.1 Å². The summed E-state index contributed by atoms with van der Waals surface area (Å²) in [6, 6.07) is 8.09. The highest BCUT2D eigenvalue weighted by Gasteiger charge is 2.31. The van der Waals surface area contributed by atoms with Crippen LogP contribution in [0.25, 0.3) is 15.9 Å². The van der Waals surface area contributed by atoms with Gasteiger partial charge in [0.25, 0.3) is 5.56 Å². The highest BCUT2D eigenvalue weighted by Crippen LogP contribution is 2.44. The summed E-state index contributed by atoms with van der Waals surface area (Å²) in [6.07, 6.45) is 0.913. The van der Waals surface area contributed by atoms with Gasteiger partial charge in [0.2, 0.25) is 0 Å². The molecule has 3 aromatic rings. The Balaban J connectivity index is 1.98. The molecule has 0 spiro atoms. The van der Waals surface area contributed by atoms with Crippen molar-refractivity contribution in [3.63, 3.8) is 0 Å². The van der Waals surface area contributed by atoms with E-state index in [0.29, 0.717) is 0 Å². The zero-order valence-corrected chi connectivity index (χ0v) is 19.1. The van der Waals surface area contributed by atoms with Gasteiger partial charge in [-0.25, -0.2) is 4.98 Å². The van der Waals surface area contributed by atoms with E-state index in [0.717, 1.165) is 50.1 Å². The lowest BCUT2D eigenvalue weighted by atomic mass is 10.00. The maximum atomic E-state index is 13.7. The summed E-state index contributed by atoms with van der Waals surface area (Å²) in [5, 5.41) is 1.56. The molecule has 0 bridgehead atoms. The molecule has 0 saturated carbocycles. The zero-order chi connectivity index (χ0) is 20.1. The Hall–Kier alpha value is -1.50. The van der Waals surface area contributed by atoms with Crippen LogP contribution in [-0.2, 0) is 12.2 Å². The number of benzene rings is 1. The summed E-state index contributed by atoms with van der Waals surface area (Å²) in [7, 11) is 0. The van der Waals surface area contributed by atoms with Gasteiger partial charge >= 0.3 is 0 Å². The van der Waals surface area contributed by atoms with Crippen molar-refractivity contribution in [3.8, 4) is 5.69 Å². The van der Waals surface area contributed by atoms with Crippen molar-refractivity contribution in [3.05, 3.63) is 62.8 Å². The number of thioether (sulfide) groups is 2. The number of hydrogen-bond acceptors (Lipinski definition) is 5. The van der Waals surface area contributed by atoms with Crippen LogP contribution in [0.3, 0.4) is 0 Å². The maximum Gasteiger partial charge on any atom is 0.267 e. The average Bonchev–Trinajstić information content (AvgIpc) is 2.96. The van der Waals surface area contributed by atoms with Crippen LogP contribution in [0.4, 0.5) is 0 Å². The number of aryl methyl sites for hydroxylation is 1. The smallest absolute Gasteiger partial charge is 0.267 e. The van der Waals surface area contributed by atoms with E-state index < -0.39 is 0 Å². The topological polar surface area (TPSA) is 34.9 Å². The molecule has 0 unspecified atom stereocenters. The minimum Gasteiger partial charge on any atom is -0.268 e. The standard InChI is InChI=1S/C22H24N2OS3/c1-13(2)11-26-21-23-19-18(16-10-22(4,5)27-12-17(16)28-19)20(25)24(21)15-8-6-7-14(3)9-15/h6-9H,1,10-12H2,2-5H3. The molecule has 0 radical (unpaired) electrons. The van der Waals surface area contributed by atoms with Gasteiger partial charge in [-0.3, -0.25) is 9.36 Å². The Labute approximate surface area is 178 Å². The van der Waals surface area contributed by atoms with Gasteiger partial charge in [0.15, 0.2) is 5.16 Å². The first-order valence-corrected chi connectivity index (χ1v) is 12.1. The van der Waals surface area contributed by atoms with Gasteiger partial charge in [0.05, 0.1) is 11.1 Å². The minimum atomic E-state index is 0.0556. The van der Waals surface area contributed by atoms with Crippen LogP contribution in [0, 0.1) is 6.92 Å². The van der Waals surface area contributed by atoms with Crippen LogP contribution in [0.15, 0.2) is 46.4 Å². The van der Waals surface area contributed by atoms with Crippen molar-refractivity contribution in [2.24, 2.45) is 0 Å². The summed E-state index contributed by atoms with van der Waals surface area (Å²) in [5.41, 5.74) is 4.34. The van der Waals surface area contributed by atoms with Gasteiger partial charge in [-0.1, -0.05) is 49.9 Å². The summed E-state index contributed by atoms with van der Waals surface area (Å²) >= 11 is 5.24. The highest BCUT2D eigenvalue weighted by molar-refractivity contribution is 8.00. The first-order valence-electron chi connectivity index (χ1n) is 9.31. The fraction of sp³-hybridized carbons (Fsp3) is 0.364. The summed E-state index contributed by atoms with van der Waals surface area (Å²) in [4.78, 5) is 20.9. The van der Waals surface area contributed by atoms with Crippen LogP contribution in [0.2, 0.25) is 0 Å². The van der Waals surface area contributed by atoms with Crippen molar-refractivity contribution in [1.82, 2.24) is 9.55 Å². The Morgan fingerprint density at radius 1 is 1.39 bits per heavy atom. The van der Waals surface area contributed by atoms with E-state index in [9.17, 15) is 4.79 Å². The van der Waals surface area contributed by atoms with Crippen molar-refractivity contribution in [1.29, 1.82) is 0 Å². The lowest BCUT2D eigenvalue weighted by molar-refractivity contribution is 0.698. The predicted molar refractivity (Wildman–Crippen MR) is 125 cm³/mol. The van der Waals surface area contributed by atoms with Crippen LogP contribution in [-0.4, -0.2) is 20.1 Å². The number of aromatic nitrogens is 2. The van der Waals surface area contributed by atoms with Gasteiger partial charge in [-0.05, 0) is 43.5 Å². The molecule has 0 fully saturated rings. The van der Waals surface area contributed by atoms with Crippen LogP contribution >= 0.6 is 34.9 Å². The highest BCUT2D eigenvalue weighted by atomic mass is 32.2. The number of rotatable bonds is 4. The normalized spacial score (nSPS) is 15.6. The number of thiophene rings is 1. The molecule has 1 aliphatic heterocycles. The molecule has 0 aliphatic carbocycles. The van der Waals surface area contributed by atoms with Crippen LogP contribution < -0.4 is 5.56 Å². The van der Waals surface area contributed by atoms with E-state index >= 15 is 0 Å². The molecule has 2 aromatic heterocycles. The van der Waals surface area contributed by atoms with Crippen LogP contribution in [0.1, 0.15) is 36.8 Å². The Bertz CT molecular complexity index is 1140. The van der Waals surface area contributed by atoms with E-state index in [-0.39, 0.29) is 10.3 Å². The molecule has 3 nitrogen and oxygen atoms in total. The predicted octanol–water partition coefficient (Wildman–Crippen LogP) is 5.99. The van der Waals surface area contributed by atoms with E-state index in [4.69, 9.17) is 4.98 Å². The first-order chi connectivity index (χ1) is 13.2. The number of nitrogens with zero attached hydrogens (tertiary/aromatic N) is 2. The molecule has 28 heavy (non-hydrogen) atoms. The largest absolute Gasteiger partial charge is 0.268 e. The van der Waals surface area contributed by atoms with Crippen molar-refractivity contribution in [2.75, 3.05) is 5.75 Å². The molecule has 0 N–H and O–H groups in total. The number of hydrogen-bond donors (Lipinski definition) is 0. The second kappa shape index (κ2) is 7.39. The molecular weight excluding hydrogens is 404 g/mol. The van der Waals surface area contributed by atoms with E-state index in [1.54, 1.807) is 27.7 Å². The van der Waals surface area contributed by atoms with E-state index in [1.165, 1.54) is 10.4 Å². The quantitative estimate of drug-likeness (QED) is 0.290. The molecule has 0 amide bonds. The minimum absolute atomic E-state index is 0.0556. The second-order valence-electron chi connectivity index (χ2n) is 8.03. The lowest BCUT2D eigenvalue weighted by Gasteiger charge is -2.28. The van der Waals surface area contributed by atoms with Crippen molar-refractivity contribution >= 4 is 45.1 Å². The monoisotopic (exact) mass is 428 g/mol. The Kier molecular flexibility index (Phi) is 5.23. The first kappa shape index (κ1) is 19.8. The fourth-order valence-corrected chi connectivity index (χ4v) is 6.69. The van der Waals surface area contributed by atoms with E-state index in [1.807, 2.05) is 43.8 Å². The molecule has 0 atom stereocenters. The van der Waals surface area contributed by atoms with Gasteiger partial charge < -0.3 is 0 Å². The van der Waals surface area contributed by atoms with Crippen LogP contribution in [0.5, 0.6) is 0 Å². The third-order valence-electron chi connectivity index (χ3n) is 4.78. The molecule has 6 heteroatoms. The Morgan fingerprint density at radius 2 is 2.18 bits per heavy atom. The average molecular weight is 429 g/mol. The van der Waals surface area contributed by atoms with E-state index in [2.05, 4.69) is 26.5 Å². The number of fused-ring (bicyclic) bond motifs is 3. The summed E-state index contributed by atoms with van der Waals surface area (Å²) in [6.45, 7) is 12.6. The van der Waals surface area contributed by atoms with Gasteiger partial charge in [0.1, 0.15) is 4.83 Å². The van der Waals surface area contributed by atoms with Gasteiger partial charge in [-0.2, -0.15) is 0 Å². The van der Waals surface area contributed by atoms with Gasteiger partial charge in [-0.15, -0.1) is 23.1 Å². The molecule has 1 aliphatic rings. The van der Waals surface area contributed by atoms with Crippen molar-refractivity contribution in [2.45, 2.75) is 49.8 Å². The fourth-order valence-electron chi connectivity index (χ4n) is 3.45. The molecule has 4 rings (SSSR count). The molecule has 146 valence electrons. The zero-order valence-electron chi connectivity index (χ0n) is 16.7. The second-order valence-corrected chi connectivity index (χ2v) is 11.7. The summed E-state index contributed by atoms with van der Waals surface area (Å²) in [5.74, 6) is 1.71. The third-order valence-corrected chi connectivity index (χ3v) is 8.62. The molecule has 0 saturated heterocycles. The lowest BCUT2D eigenvalue weighted by Crippen LogP contribution is -2.26. The van der Waals surface area contributed by atoms with Crippen molar-refractivity contribution < 1.29 is 0 Å².